The molecule has 5 rings (SSSR count). The molecule has 0 bridgehead atoms. The Kier molecular flexibility index (Phi) is 6.88. The fourth-order valence-electron chi connectivity index (χ4n) is 4.56. The maximum atomic E-state index is 13.1. The minimum Gasteiger partial charge on any atom is -0.611 e. The number of fused-ring (bicyclic) bond motifs is 1. The molecule has 2 heterocycles. The summed E-state index contributed by atoms with van der Waals surface area (Å²) in [5.74, 6) is 0.459. The zero-order valence-electron chi connectivity index (χ0n) is 20.5. The minimum atomic E-state index is -1.17. The van der Waals surface area contributed by atoms with Gasteiger partial charge < -0.3 is 25.5 Å². The van der Waals surface area contributed by atoms with Gasteiger partial charge >= 0.3 is 6.03 Å². The van der Waals surface area contributed by atoms with E-state index < -0.39 is 11.2 Å². The van der Waals surface area contributed by atoms with Gasteiger partial charge in [-0.2, -0.15) is 5.10 Å². The topological polar surface area (TPSA) is 126 Å². The van der Waals surface area contributed by atoms with E-state index >= 15 is 0 Å². The number of carbonyl (C=O) groups excluding carboxylic acids is 1. The van der Waals surface area contributed by atoms with Gasteiger partial charge in [0.2, 0.25) is 0 Å². The van der Waals surface area contributed by atoms with Crippen LogP contribution in [0.4, 0.5) is 16.2 Å². The Hall–Kier alpha value is -3.50. The summed E-state index contributed by atoms with van der Waals surface area (Å²) in [6.07, 6.45) is 6.47. The number of hydrogen-bond donors (Lipinski definition) is 3. The molecule has 2 amide bonds. The lowest BCUT2D eigenvalue weighted by Gasteiger charge is -2.30. The van der Waals surface area contributed by atoms with Crippen molar-refractivity contribution in [1.29, 1.82) is 0 Å². The average molecular weight is 506 g/mol. The third-order valence-electron chi connectivity index (χ3n) is 6.53. The lowest BCUT2D eigenvalue weighted by molar-refractivity contribution is 0.250. The Balaban J connectivity index is 1.46. The van der Waals surface area contributed by atoms with Crippen LogP contribution in [0, 0.1) is 0 Å². The van der Waals surface area contributed by atoms with Crippen LogP contribution in [0.1, 0.15) is 39.2 Å². The van der Waals surface area contributed by atoms with E-state index in [4.69, 9.17) is 5.73 Å². The van der Waals surface area contributed by atoms with Gasteiger partial charge in [-0.1, -0.05) is 12.1 Å². The quantitative estimate of drug-likeness (QED) is 0.303. The van der Waals surface area contributed by atoms with E-state index in [0.29, 0.717) is 24.0 Å². The van der Waals surface area contributed by atoms with Gasteiger partial charge in [0, 0.05) is 34.8 Å². The van der Waals surface area contributed by atoms with Crippen molar-refractivity contribution in [2.24, 2.45) is 0 Å². The molecule has 188 valence electrons. The smallest absolute Gasteiger partial charge is 0.319 e. The largest absolute Gasteiger partial charge is 0.611 e. The van der Waals surface area contributed by atoms with E-state index in [0.717, 1.165) is 45.6 Å². The van der Waals surface area contributed by atoms with E-state index in [9.17, 15) is 9.35 Å². The lowest BCUT2D eigenvalue weighted by atomic mass is 9.92. The Bertz CT molecular complexity index is 1350. The maximum absolute atomic E-state index is 13.1. The van der Waals surface area contributed by atoms with E-state index in [1.54, 1.807) is 11.0 Å². The number of anilines is 2. The first-order chi connectivity index (χ1) is 17.4. The molecule has 1 fully saturated rings. The number of aromatic nitrogens is 4. The van der Waals surface area contributed by atoms with Crippen molar-refractivity contribution in [1.82, 2.24) is 24.6 Å². The van der Waals surface area contributed by atoms with E-state index in [1.807, 2.05) is 56.3 Å². The fraction of sp³-hybridized carbons (Fsp3) is 0.346. The third kappa shape index (κ3) is 4.91. The van der Waals surface area contributed by atoms with Gasteiger partial charge in [0.15, 0.2) is 4.90 Å². The molecule has 4 N–H and O–H groups in total. The van der Waals surface area contributed by atoms with Gasteiger partial charge in [-0.05, 0) is 68.6 Å². The van der Waals surface area contributed by atoms with Crippen molar-refractivity contribution in [2.75, 3.05) is 16.8 Å². The number of benzene rings is 2. The molecule has 1 aliphatic carbocycles. The standard InChI is InChI=1S/C26H31N7O2S/c1-17(2)30-26(34)31-19-8-6-18(7-9-19)25-24(27)22-11-10-21(14-23(22)33(25)20-4-3-5-20)36(35)13-12-32-16-28-15-29-32/h6-11,14-17,20H,3-5,12-13,27H2,1-2H3,(H2,30,31,34). The van der Waals surface area contributed by atoms with Crippen molar-refractivity contribution in [3.8, 4) is 11.3 Å². The summed E-state index contributed by atoms with van der Waals surface area (Å²) in [6.45, 7) is 4.38. The number of urea groups is 1. The predicted octanol–water partition coefficient (Wildman–Crippen LogP) is 4.54. The minimum absolute atomic E-state index is 0.0593. The van der Waals surface area contributed by atoms with Crippen molar-refractivity contribution < 1.29 is 9.35 Å². The summed E-state index contributed by atoms with van der Waals surface area (Å²) in [7, 11) is 0. The van der Waals surface area contributed by atoms with Crippen molar-refractivity contribution in [3.05, 3.63) is 55.1 Å². The third-order valence-corrected chi connectivity index (χ3v) is 7.86. The van der Waals surface area contributed by atoms with Gasteiger partial charge in [0.1, 0.15) is 18.4 Å². The number of aryl methyl sites for hydroxylation is 1. The summed E-state index contributed by atoms with van der Waals surface area (Å²) in [4.78, 5) is 16.8. The number of nitrogen functional groups attached to an aromatic ring is 1. The molecule has 0 radical (unpaired) electrons. The molecule has 1 unspecified atom stereocenters. The lowest BCUT2D eigenvalue weighted by Crippen LogP contribution is -2.34. The molecule has 2 aromatic carbocycles. The molecule has 0 spiro atoms. The number of nitrogens with two attached hydrogens (primary N) is 1. The zero-order chi connectivity index (χ0) is 25.2. The van der Waals surface area contributed by atoms with E-state index in [1.165, 1.54) is 12.7 Å². The number of nitrogens with one attached hydrogen (secondary N) is 2. The molecular formula is C26H31N7O2S. The molecule has 9 nitrogen and oxygen atoms in total. The van der Waals surface area contributed by atoms with Crippen molar-refractivity contribution in [3.63, 3.8) is 0 Å². The first-order valence-corrected chi connectivity index (χ1v) is 13.5. The average Bonchev–Trinajstić information content (AvgIpc) is 3.43. The molecule has 2 aromatic heterocycles. The van der Waals surface area contributed by atoms with Gasteiger partial charge in [0.05, 0.1) is 23.4 Å². The highest BCUT2D eigenvalue weighted by Gasteiger charge is 2.28. The van der Waals surface area contributed by atoms with E-state index in [-0.39, 0.29) is 12.1 Å². The summed E-state index contributed by atoms with van der Waals surface area (Å²) < 4.78 is 17.1. The second kappa shape index (κ2) is 10.2. The fourth-order valence-corrected chi connectivity index (χ4v) is 5.61. The Morgan fingerprint density at radius 3 is 2.64 bits per heavy atom. The maximum Gasteiger partial charge on any atom is 0.319 e. The molecule has 1 aliphatic rings. The van der Waals surface area contributed by atoms with E-state index in [2.05, 4.69) is 25.3 Å². The Morgan fingerprint density at radius 2 is 2.00 bits per heavy atom. The highest BCUT2D eigenvalue weighted by atomic mass is 32.2. The predicted molar refractivity (Wildman–Crippen MR) is 143 cm³/mol. The summed E-state index contributed by atoms with van der Waals surface area (Å²) in [6, 6.07) is 13.9. The molecule has 4 aromatic rings. The molecule has 36 heavy (non-hydrogen) atoms. The summed E-state index contributed by atoms with van der Waals surface area (Å²) in [5, 5.41) is 10.8. The van der Waals surface area contributed by atoms with Crippen LogP contribution in [-0.2, 0) is 17.7 Å². The number of rotatable bonds is 8. The molecular weight excluding hydrogens is 474 g/mol. The SMILES string of the molecule is CC(C)NC(=O)Nc1ccc(-c2c(N)c3ccc([S+]([O-])CCn4cncn4)cc3n2C2CCC2)cc1. The molecule has 1 saturated carbocycles. The Labute approximate surface area is 213 Å². The van der Waals surface area contributed by atoms with Gasteiger partial charge in [-0.3, -0.25) is 0 Å². The number of hydrogen-bond acceptors (Lipinski definition) is 5. The van der Waals surface area contributed by atoms with Crippen LogP contribution >= 0.6 is 0 Å². The van der Waals surface area contributed by atoms with Crippen LogP contribution in [0.5, 0.6) is 0 Å². The zero-order valence-corrected chi connectivity index (χ0v) is 21.3. The van der Waals surface area contributed by atoms with Crippen LogP contribution in [0.2, 0.25) is 0 Å². The highest BCUT2D eigenvalue weighted by molar-refractivity contribution is 7.91. The van der Waals surface area contributed by atoms with Crippen molar-refractivity contribution in [2.45, 2.75) is 56.6 Å². The van der Waals surface area contributed by atoms with Crippen molar-refractivity contribution >= 4 is 39.5 Å². The van der Waals surface area contributed by atoms with Gasteiger partial charge in [0.25, 0.3) is 0 Å². The van der Waals surface area contributed by atoms with Crippen LogP contribution in [0.3, 0.4) is 0 Å². The Morgan fingerprint density at radius 1 is 1.22 bits per heavy atom. The number of amides is 2. The van der Waals surface area contributed by atoms with Crippen LogP contribution < -0.4 is 16.4 Å². The molecule has 0 saturated heterocycles. The monoisotopic (exact) mass is 505 g/mol. The molecule has 0 aliphatic heterocycles. The molecule has 1 atom stereocenters. The normalized spacial score (nSPS) is 14.7. The first-order valence-electron chi connectivity index (χ1n) is 12.2. The first kappa shape index (κ1) is 24.2. The van der Waals surface area contributed by atoms with Gasteiger partial charge in [-0.15, -0.1) is 0 Å². The van der Waals surface area contributed by atoms with Crippen LogP contribution in [0.25, 0.3) is 22.2 Å². The second-order valence-electron chi connectivity index (χ2n) is 9.43. The number of carbonyl (C=O) groups is 1. The summed E-state index contributed by atoms with van der Waals surface area (Å²) >= 11 is -1.17. The number of nitrogens with zero attached hydrogens (tertiary/aromatic N) is 4. The highest BCUT2D eigenvalue weighted by Crippen LogP contribution is 2.44. The molecule has 10 heteroatoms. The van der Waals surface area contributed by atoms with Crippen LogP contribution in [0.15, 0.2) is 60.0 Å². The second-order valence-corrected chi connectivity index (χ2v) is 11.0. The van der Waals surface area contributed by atoms with Crippen LogP contribution in [-0.4, -0.2) is 41.7 Å². The summed E-state index contributed by atoms with van der Waals surface area (Å²) in [5.41, 5.74) is 11.1. The van der Waals surface area contributed by atoms with Gasteiger partial charge in [-0.25, -0.2) is 14.5 Å².